The van der Waals surface area contributed by atoms with Crippen LogP contribution >= 0.6 is 0 Å². The van der Waals surface area contributed by atoms with Gasteiger partial charge in [0.05, 0.1) is 0 Å². The number of rotatable bonds is 8. The molecule has 0 N–H and O–H groups in total. The topological polar surface area (TPSA) is 78.9 Å². The summed E-state index contributed by atoms with van der Waals surface area (Å²) in [5.74, 6) is -0.367. The van der Waals surface area contributed by atoms with Gasteiger partial charge in [0.1, 0.15) is 19.3 Å². The van der Waals surface area contributed by atoms with Gasteiger partial charge in [-0.05, 0) is 72.0 Å². The predicted octanol–water partition coefficient (Wildman–Crippen LogP) is 5.16. The highest BCUT2D eigenvalue weighted by atomic mass is 16.5. The van der Waals surface area contributed by atoms with Crippen LogP contribution in [0.5, 0.6) is 0 Å². The Morgan fingerprint density at radius 1 is 1.03 bits per heavy atom. The summed E-state index contributed by atoms with van der Waals surface area (Å²) in [5, 5.41) is 0. The summed E-state index contributed by atoms with van der Waals surface area (Å²) in [6, 6.07) is 0. The van der Waals surface area contributed by atoms with Crippen LogP contribution in [0.2, 0.25) is 0 Å². The smallest absolute Gasteiger partial charge is 0.303 e. The van der Waals surface area contributed by atoms with Crippen molar-refractivity contribution in [3.8, 4) is 0 Å². The van der Waals surface area contributed by atoms with Crippen LogP contribution in [0.3, 0.4) is 0 Å². The first-order chi connectivity index (χ1) is 14.9. The fourth-order valence-corrected chi connectivity index (χ4v) is 6.06. The van der Waals surface area contributed by atoms with Gasteiger partial charge in [0.15, 0.2) is 0 Å². The molecular formula is C26H40O6. The van der Waals surface area contributed by atoms with E-state index in [1.807, 2.05) is 6.08 Å². The summed E-state index contributed by atoms with van der Waals surface area (Å²) in [6.07, 6.45) is 7.33. The number of fused-ring (bicyclic) bond motifs is 1. The molecule has 0 radical (unpaired) electrons. The Hall–Kier alpha value is -2.11. The molecule has 0 spiro atoms. The summed E-state index contributed by atoms with van der Waals surface area (Å²) in [4.78, 5) is 34.3. The van der Waals surface area contributed by atoms with E-state index in [9.17, 15) is 14.4 Å². The largest absolute Gasteiger partial charge is 0.462 e. The molecule has 6 nitrogen and oxygen atoms in total. The Morgan fingerprint density at radius 2 is 1.69 bits per heavy atom. The Labute approximate surface area is 192 Å². The SMILES string of the molecule is C=C1C(OC(C)=O)CC2C(C)(C)CCCC2(C)C1CC/C(=C/COC(C)=O)COC(C)=O. The lowest BCUT2D eigenvalue weighted by atomic mass is 9.46. The van der Waals surface area contributed by atoms with Gasteiger partial charge >= 0.3 is 17.9 Å². The minimum Gasteiger partial charge on any atom is -0.462 e. The molecule has 0 bridgehead atoms. The van der Waals surface area contributed by atoms with Crippen LogP contribution < -0.4 is 0 Å². The van der Waals surface area contributed by atoms with E-state index in [1.54, 1.807) is 0 Å². The van der Waals surface area contributed by atoms with E-state index in [4.69, 9.17) is 14.2 Å². The van der Waals surface area contributed by atoms with Crippen molar-refractivity contribution < 1.29 is 28.6 Å². The molecule has 180 valence electrons. The molecule has 6 heteroatoms. The van der Waals surface area contributed by atoms with E-state index in [1.165, 1.54) is 33.6 Å². The van der Waals surface area contributed by atoms with Crippen molar-refractivity contribution in [2.24, 2.45) is 22.7 Å². The second-order valence-corrected chi connectivity index (χ2v) is 10.3. The lowest BCUT2D eigenvalue weighted by Crippen LogP contribution is -2.53. The van der Waals surface area contributed by atoms with Gasteiger partial charge in [-0.15, -0.1) is 0 Å². The van der Waals surface area contributed by atoms with E-state index in [0.29, 0.717) is 12.3 Å². The van der Waals surface area contributed by atoms with Crippen LogP contribution in [0, 0.1) is 22.7 Å². The van der Waals surface area contributed by atoms with Crippen LogP contribution in [0.1, 0.15) is 80.1 Å². The molecule has 2 saturated carbocycles. The summed E-state index contributed by atoms with van der Waals surface area (Å²) in [7, 11) is 0. The van der Waals surface area contributed by atoms with Crippen molar-refractivity contribution in [2.75, 3.05) is 13.2 Å². The molecule has 32 heavy (non-hydrogen) atoms. The molecule has 2 aliphatic carbocycles. The van der Waals surface area contributed by atoms with Gasteiger partial charge in [-0.3, -0.25) is 14.4 Å². The summed E-state index contributed by atoms with van der Waals surface area (Å²) < 4.78 is 16.0. The van der Waals surface area contributed by atoms with E-state index >= 15 is 0 Å². The Bertz CT molecular complexity index is 764. The average Bonchev–Trinajstić information content (AvgIpc) is 2.65. The summed E-state index contributed by atoms with van der Waals surface area (Å²) in [6.45, 7) is 16.0. The maximum atomic E-state index is 11.8. The molecule has 0 amide bonds. The third-order valence-electron chi connectivity index (χ3n) is 7.56. The molecule has 0 aromatic carbocycles. The van der Waals surface area contributed by atoms with Gasteiger partial charge < -0.3 is 14.2 Å². The van der Waals surface area contributed by atoms with Crippen molar-refractivity contribution in [1.29, 1.82) is 0 Å². The summed E-state index contributed by atoms with van der Waals surface area (Å²) in [5.41, 5.74) is 2.14. The van der Waals surface area contributed by atoms with Crippen LogP contribution in [0.4, 0.5) is 0 Å². The van der Waals surface area contributed by atoms with Crippen LogP contribution in [0.15, 0.2) is 23.8 Å². The van der Waals surface area contributed by atoms with Gasteiger partial charge in [-0.1, -0.05) is 33.8 Å². The van der Waals surface area contributed by atoms with E-state index in [0.717, 1.165) is 30.4 Å². The lowest BCUT2D eigenvalue weighted by Gasteiger charge is -2.59. The minimum absolute atomic E-state index is 0.0674. The maximum absolute atomic E-state index is 11.8. The molecular weight excluding hydrogens is 408 g/mol. The first-order valence-electron chi connectivity index (χ1n) is 11.7. The van der Waals surface area contributed by atoms with E-state index in [-0.39, 0.29) is 54.0 Å². The van der Waals surface area contributed by atoms with Gasteiger partial charge in [0.2, 0.25) is 0 Å². The second-order valence-electron chi connectivity index (χ2n) is 10.3. The molecule has 0 saturated heterocycles. The third kappa shape index (κ3) is 6.46. The Morgan fingerprint density at radius 3 is 2.28 bits per heavy atom. The van der Waals surface area contributed by atoms with Gasteiger partial charge in [-0.25, -0.2) is 0 Å². The lowest BCUT2D eigenvalue weighted by molar-refractivity contribution is -0.153. The van der Waals surface area contributed by atoms with Crippen molar-refractivity contribution in [3.63, 3.8) is 0 Å². The molecule has 0 heterocycles. The Kier molecular flexibility index (Phi) is 8.72. The van der Waals surface area contributed by atoms with Crippen LogP contribution in [0.25, 0.3) is 0 Å². The zero-order chi connectivity index (χ0) is 24.1. The normalized spacial score (nSPS) is 29.6. The number of esters is 3. The zero-order valence-corrected chi connectivity index (χ0v) is 20.6. The third-order valence-corrected chi connectivity index (χ3v) is 7.56. The van der Waals surface area contributed by atoms with Gasteiger partial charge in [0, 0.05) is 20.8 Å². The van der Waals surface area contributed by atoms with Crippen molar-refractivity contribution in [3.05, 3.63) is 23.8 Å². The standard InChI is InChI=1S/C26H40O6/c1-17-22(10-9-21(16-31-19(3)28)11-14-30-18(2)27)26(7)13-8-12-25(5,6)24(26)15-23(17)32-20(4)29/h11,22-24H,1,8-10,12-16H2,2-7H3/b21-11-. The average molecular weight is 449 g/mol. The first kappa shape index (κ1) is 26.1. The second kappa shape index (κ2) is 10.7. The van der Waals surface area contributed by atoms with Crippen molar-refractivity contribution >= 4 is 17.9 Å². The van der Waals surface area contributed by atoms with Crippen LogP contribution in [-0.4, -0.2) is 37.2 Å². The number of hydrogen-bond donors (Lipinski definition) is 0. The highest BCUT2D eigenvalue weighted by molar-refractivity contribution is 5.67. The molecule has 2 rings (SSSR count). The molecule has 0 aromatic rings. The highest BCUT2D eigenvalue weighted by Crippen LogP contribution is 2.62. The number of carbonyl (C=O) groups is 3. The monoisotopic (exact) mass is 448 g/mol. The number of carbonyl (C=O) groups excluding carboxylic acids is 3. The molecule has 2 fully saturated rings. The predicted molar refractivity (Wildman–Crippen MR) is 123 cm³/mol. The molecule has 0 aliphatic heterocycles. The fraction of sp³-hybridized carbons (Fsp3) is 0.731. The van der Waals surface area contributed by atoms with Gasteiger partial charge in [0.25, 0.3) is 0 Å². The molecule has 2 aliphatic rings. The molecule has 4 atom stereocenters. The van der Waals surface area contributed by atoms with Crippen molar-refractivity contribution in [1.82, 2.24) is 0 Å². The Balaban J connectivity index is 2.26. The molecule has 0 aromatic heterocycles. The highest BCUT2D eigenvalue weighted by Gasteiger charge is 2.55. The van der Waals surface area contributed by atoms with Crippen molar-refractivity contribution in [2.45, 2.75) is 86.2 Å². The first-order valence-corrected chi connectivity index (χ1v) is 11.7. The van der Waals surface area contributed by atoms with E-state index < -0.39 is 0 Å². The van der Waals surface area contributed by atoms with Crippen LogP contribution in [-0.2, 0) is 28.6 Å². The quantitative estimate of drug-likeness (QED) is 0.290. The number of ether oxygens (including phenoxy) is 3. The maximum Gasteiger partial charge on any atom is 0.303 e. The van der Waals surface area contributed by atoms with E-state index in [2.05, 4.69) is 27.4 Å². The fourth-order valence-electron chi connectivity index (χ4n) is 6.06. The number of hydrogen-bond acceptors (Lipinski definition) is 6. The summed E-state index contributed by atoms with van der Waals surface area (Å²) >= 11 is 0. The van der Waals surface area contributed by atoms with Gasteiger partial charge in [-0.2, -0.15) is 0 Å². The minimum atomic E-state index is -0.349. The molecule has 4 unspecified atom stereocenters. The zero-order valence-electron chi connectivity index (χ0n) is 20.6.